The smallest absolute Gasteiger partial charge is 0.252 e. The minimum Gasteiger partial charge on any atom is -0.298 e. The van der Waals surface area contributed by atoms with E-state index in [0.717, 1.165) is 24.2 Å². The molecule has 1 aliphatic heterocycles. The number of nitrogens with zero attached hydrogens (tertiary/aromatic N) is 4. The summed E-state index contributed by atoms with van der Waals surface area (Å²) in [6, 6.07) is 3.44. The molecule has 132 valence electrons. The van der Waals surface area contributed by atoms with Crippen LogP contribution in [0.3, 0.4) is 0 Å². The van der Waals surface area contributed by atoms with Crippen LogP contribution in [0.1, 0.15) is 17.7 Å². The van der Waals surface area contributed by atoms with Crippen molar-refractivity contribution in [3.63, 3.8) is 0 Å². The van der Waals surface area contributed by atoms with Gasteiger partial charge in [-0.05, 0) is 31.3 Å². The molecule has 0 spiro atoms. The lowest BCUT2D eigenvalue weighted by Crippen LogP contribution is -2.34. The molecule has 3 heterocycles. The van der Waals surface area contributed by atoms with Gasteiger partial charge in [-0.3, -0.25) is 9.58 Å². The Kier molecular flexibility index (Phi) is 5.31. The van der Waals surface area contributed by atoms with Crippen molar-refractivity contribution in [3.8, 4) is 0 Å². The fourth-order valence-electron chi connectivity index (χ4n) is 2.96. The molecule has 0 amide bonds. The van der Waals surface area contributed by atoms with Crippen LogP contribution < -0.4 is 0 Å². The zero-order valence-corrected chi connectivity index (χ0v) is 16.2. The summed E-state index contributed by atoms with van der Waals surface area (Å²) in [6.45, 7) is 5.24. The lowest BCUT2D eigenvalue weighted by Gasteiger charge is -2.21. The van der Waals surface area contributed by atoms with Gasteiger partial charge in [0.2, 0.25) is 0 Å². The van der Waals surface area contributed by atoms with Gasteiger partial charge >= 0.3 is 0 Å². The molecule has 3 rings (SSSR count). The summed E-state index contributed by atoms with van der Waals surface area (Å²) in [5, 5.41) is 6.79. The number of aromatic nitrogens is 2. The van der Waals surface area contributed by atoms with Crippen LogP contribution in [-0.2, 0) is 23.6 Å². The van der Waals surface area contributed by atoms with E-state index in [1.807, 2.05) is 14.0 Å². The first-order valence-electron chi connectivity index (χ1n) is 7.83. The summed E-state index contributed by atoms with van der Waals surface area (Å²) in [7, 11) is -1.54. The first-order chi connectivity index (χ1) is 11.4. The Balaban J connectivity index is 1.69. The molecule has 0 saturated carbocycles. The summed E-state index contributed by atoms with van der Waals surface area (Å²) in [4.78, 5) is 2.25. The average molecular weight is 389 g/mol. The summed E-state index contributed by atoms with van der Waals surface area (Å²) in [5.74, 6) is 0. The van der Waals surface area contributed by atoms with Crippen molar-refractivity contribution in [2.75, 3.05) is 26.2 Å². The molecule has 0 N–H and O–H groups in total. The van der Waals surface area contributed by atoms with Crippen LogP contribution in [-0.4, -0.2) is 53.6 Å². The normalized spacial score (nSPS) is 18.0. The third kappa shape index (κ3) is 3.52. The summed E-state index contributed by atoms with van der Waals surface area (Å²) in [6.07, 6.45) is 0.807. The Hall–Kier alpha value is -0.930. The topological polar surface area (TPSA) is 58.4 Å². The molecule has 0 unspecified atom stereocenters. The zero-order chi connectivity index (χ0) is 17.3. The third-order valence-electron chi connectivity index (χ3n) is 4.29. The number of rotatable bonds is 4. The molecule has 6 nitrogen and oxygen atoms in total. The van der Waals surface area contributed by atoms with Crippen LogP contribution in [0.4, 0.5) is 0 Å². The molecule has 0 aliphatic carbocycles. The quantitative estimate of drug-likeness (QED) is 0.806. The van der Waals surface area contributed by atoms with Crippen molar-refractivity contribution < 1.29 is 8.42 Å². The predicted molar refractivity (Wildman–Crippen MR) is 95.9 cm³/mol. The molecule has 1 fully saturated rings. The second-order valence-corrected chi connectivity index (χ2v) is 9.41. The molecule has 24 heavy (non-hydrogen) atoms. The molecule has 1 aliphatic rings. The molecule has 2 aromatic heterocycles. The third-order valence-corrected chi connectivity index (χ3v) is 8.03. The van der Waals surface area contributed by atoms with E-state index in [-0.39, 0.29) is 0 Å². The number of halogens is 1. The van der Waals surface area contributed by atoms with E-state index in [2.05, 4.69) is 10.00 Å². The van der Waals surface area contributed by atoms with E-state index >= 15 is 0 Å². The van der Waals surface area contributed by atoms with Crippen molar-refractivity contribution >= 4 is 33.0 Å². The zero-order valence-electron chi connectivity index (χ0n) is 13.8. The van der Waals surface area contributed by atoms with Crippen LogP contribution in [0, 0.1) is 6.92 Å². The van der Waals surface area contributed by atoms with E-state index < -0.39 is 10.0 Å². The van der Waals surface area contributed by atoms with Crippen molar-refractivity contribution in [2.24, 2.45) is 7.05 Å². The molecule has 0 bridgehead atoms. The molecule has 1 saturated heterocycles. The summed E-state index contributed by atoms with van der Waals surface area (Å²) in [5.41, 5.74) is 1.95. The summed E-state index contributed by atoms with van der Waals surface area (Å²) < 4.78 is 29.0. The van der Waals surface area contributed by atoms with E-state index in [1.54, 1.807) is 26.5 Å². The molecule has 0 atom stereocenters. The standard InChI is InChI=1S/C15H21ClN4O2S2/c1-12-13(15(16)18(2)17-12)11-19-6-4-7-20(9-8-19)24(21,22)14-5-3-10-23-14/h3,5,10H,4,6-9,11H2,1-2H3. The lowest BCUT2D eigenvalue weighted by atomic mass is 10.2. The lowest BCUT2D eigenvalue weighted by molar-refractivity contribution is 0.278. The minimum absolute atomic E-state index is 0.419. The van der Waals surface area contributed by atoms with Crippen LogP contribution >= 0.6 is 22.9 Å². The van der Waals surface area contributed by atoms with E-state index in [9.17, 15) is 8.42 Å². The first-order valence-corrected chi connectivity index (χ1v) is 10.5. The van der Waals surface area contributed by atoms with E-state index in [1.165, 1.54) is 11.3 Å². The van der Waals surface area contributed by atoms with Crippen LogP contribution in [0.2, 0.25) is 5.15 Å². The molecular formula is C15H21ClN4O2S2. The van der Waals surface area contributed by atoms with Gasteiger partial charge in [-0.1, -0.05) is 17.7 Å². The van der Waals surface area contributed by atoms with Gasteiger partial charge in [0.1, 0.15) is 9.36 Å². The Labute approximate surface area is 151 Å². The molecule has 2 aromatic rings. The van der Waals surface area contributed by atoms with E-state index in [0.29, 0.717) is 35.5 Å². The Morgan fingerprint density at radius 3 is 2.71 bits per heavy atom. The Bertz CT molecular complexity index is 802. The highest BCUT2D eigenvalue weighted by Crippen LogP contribution is 2.24. The van der Waals surface area contributed by atoms with Crippen LogP contribution in [0.25, 0.3) is 0 Å². The molecule has 9 heteroatoms. The van der Waals surface area contributed by atoms with Crippen LogP contribution in [0.15, 0.2) is 21.7 Å². The van der Waals surface area contributed by atoms with Gasteiger partial charge in [0.25, 0.3) is 10.0 Å². The highest BCUT2D eigenvalue weighted by atomic mass is 35.5. The van der Waals surface area contributed by atoms with Crippen molar-refractivity contribution in [1.29, 1.82) is 0 Å². The number of hydrogen-bond acceptors (Lipinski definition) is 5. The van der Waals surface area contributed by atoms with Crippen molar-refractivity contribution in [2.45, 2.75) is 24.1 Å². The highest BCUT2D eigenvalue weighted by molar-refractivity contribution is 7.91. The average Bonchev–Trinajstić information content (AvgIpc) is 3.07. The SMILES string of the molecule is Cc1nn(C)c(Cl)c1CN1CCCN(S(=O)(=O)c2cccs2)CC1. The maximum atomic E-state index is 12.7. The second-order valence-electron chi connectivity index (χ2n) is 5.94. The fraction of sp³-hybridized carbons (Fsp3) is 0.533. The second kappa shape index (κ2) is 7.13. The first kappa shape index (κ1) is 17.9. The highest BCUT2D eigenvalue weighted by Gasteiger charge is 2.28. The van der Waals surface area contributed by atoms with Crippen LogP contribution in [0.5, 0.6) is 0 Å². The molecule has 0 radical (unpaired) electrons. The number of aryl methyl sites for hydroxylation is 2. The van der Waals surface area contributed by atoms with Gasteiger partial charge in [-0.15, -0.1) is 11.3 Å². The number of sulfonamides is 1. The predicted octanol–water partition coefficient (Wildman–Crippen LogP) is 2.34. The molecular weight excluding hydrogens is 368 g/mol. The summed E-state index contributed by atoms with van der Waals surface area (Å²) >= 11 is 7.58. The number of thiophene rings is 1. The van der Waals surface area contributed by atoms with Gasteiger partial charge in [-0.2, -0.15) is 9.40 Å². The van der Waals surface area contributed by atoms with Gasteiger partial charge < -0.3 is 0 Å². The van der Waals surface area contributed by atoms with Gasteiger partial charge in [0.05, 0.1) is 5.69 Å². The monoisotopic (exact) mass is 388 g/mol. The number of hydrogen-bond donors (Lipinski definition) is 0. The van der Waals surface area contributed by atoms with E-state index in [4.69, 9.17) is 11.6 Å². The largest absolute Gasteiger partial charge is 0.298 e. The maximum absolute atomic E-state index is 12.7. The van der Waals surface area contributed by atoms with Crippen molar-refractivity contribution in [3.05, 3.63) is 33.9 Å². The van der Waals surface area contributed by atoms with Gasteiger partial charge in [0.15, 0.2) is 0 Å². The molecule has 0 aromatic carbocycles. The Morgan fingerprint density at radius 2 is 2.08 bits per heavy atom. The minimum atomic E-state index is -3.37. The van der Waals surface area contributed by atoms with Gasteiger partial charge in [-0.25, -0.2) is 8.42 Å². The Morgan fingerprint density at radius 1 is 1.29 bits per heavy atom. The van der Waals surface area contributed by atoms with Gasteiger partial charge in [0, 0.05) is 38.8 Å². The maximum Gasteiger partial charge on any atom is 0.252 e. The van der Waals surface area contributed by atoms with Crippen molar-refractivity contribution in [1.82, 2.24) is 19.0 Å². The fourth-order valence-corrected chi connectivity index (χ4v) is 5.81.